The lowest BCUT2D eigenvalue weighted by Crippen LogP contribution is -2.51. The third-order valence-electron chi connectivity index (χ3n) is 6.28. The number of benzene rings is 2. The first-order valence-electron chi connectivity index (χ1n) is 11.8. The van der Waals surface area contributed by atoms with Gasteiger partial charge in [-0.3, -0.25) is 19.5 Å². The van der Waals surface area contributed by atoms with E-state index in [4.69, 9.17) is 0 Å². The summed E-state index contributed by atoms with van der Waals surface area (Å²) in [5, 5.41) is 11.3. The lowest BCUT2D eigenvalue weighted by atomic mass is 9.98. The number of anilines is 1. The van der Waals surface area contributed by atoms with Gasteiger partial charge in [-0.25, -0.2) is 9.07 Å². The van der Waals surface area contributed by atoms with E-state index in [2.05, 4.69) is 20.6 Å². The molecule has 0 aliphatic heterocycles. The van der Waals surface area contributed by atoms with Crippen molar-refractivity contribution in [1.29, 1.82) is 0 Å². The number of hydrogen-bond donors (Lipinski definition) is 1. The molecule has 36 heavy (non-hydrogen) atoms. The summed E-state index contributed by atoms with van der Waals surface area (Å²) in [6.45, 7) is 7.24. The van der Waals surface area contributed by atoms with E-state index in [1.807, 2.05) is 39.0 Å². The van der Waals surface area contributed by atoms with Crippen LogP contribution in [0.25, 0.3) is 11.0 Å². The smallest absolute Gasteiger partial charge is 0.249 e. The van der Waals surface area contributed by atoms with Crippen LogP contribution < -0.4 is 10.2 Å². The fraction of sp³-hybridized carbons (Fsp3) is 0.296. The fourth-order valence-electron chi connectivity index (χ4n) is 3.86. The molecule has 4 aromatic rings. The van der Waals surface area contributed by atoms with E-state index >= 15 is 0 Å². The van der Waals surface area contributed by atoms with E-state index in [0.717, 1.165) is 0 Å². The van der Waals surface area contributed by atoms with Crippen LogP contribution in [0.5, 0.6) is 0 Å². The minimum Gasteiger partial charge on any atom is -0.349 e. The quantitative estimate of drug-likeness (QED) is 0.398. The van der Waals surface area contributed by atoms with E-state index in [-0.39, 0.29) is 18.1 Å². The van der Waals surface area contributed by atoms with Crippen LogP contribution in [-0.4, -0.2) is 37.3 Å². The molecule has 4 rings (SSSR count). The minimum absolute atomic E-state index is 0.192. The average Bonchev–Trinajstić information content (AvgIpc) is 3.27. The zero-order valence-electron chi connectivity index (χ0n) is 20.8. The Morgan fingerprint density at radius 3 is 2.53 bits per heavy atom. The van der Waals surface area contributed by atoms with Gasteiger partial charge in [0.25, 0.3) is 0 Å². The van der Waals surface area contributed by atoms with Crippen LogP contribution in [0, 0.1) is 12.7 Å². The van der Waals surface area contributed by atoms with Gasteiger partial charge in [0.2, 0.25) is 11.8 Å². The molecule has 0 radical (unpaired) electrons. The van der Waals surface area contributed by atoms with E-state index < -0.39 is 23.3 Å². The number of halogens is 1. The van der Waals surface area contributed by atoms with Crippen molar-refractivity contribution < 1.29 is 14.0 Å². The summed E-state index contributed by atoms with van der Waals surface area (Å²) in [6.07, 6.45) is 3.80. The Kier molecular flexibility index (Phi) is 7.10. The molecule has 186 valence electrons. The number of carbonyl (C=O) groups excluding carboxylic acids is 2. The SMILES string of the molecule is CCC(C)(C)NC(=O)C(c1ccncc1)N(C(=O)Cn1nnc2ccccc21)c1ccc(C)c(F)c1. The van der Waals surface area contributed by atoms with E-state index in [9.17, 15) is 14.0 Å². The third-order valence-corrected chi connectivity index (χ3v) is 6.28. The molecule has 2 aromatic heterocycles. The van der Waals surface area contributed by atoms with Crippen LogP contribution in [0.15, 0.2) is 67.0 Å². The number of pyridine rings is 1. The third kappa shape index (κ3) is 5.25. The second-order valence-corrected chi connectivity index (χ2v) is 9.34. The van der Waals surface area contributed by atoms with Crippen molar-refractivity contribution >= 4 is 28.5 Å². The number of para-hydroxylation sites is 1. The first kappa shape index (κ1) is 25.0. The van der Waals surface area contributed by atoms with Crippen molar-refractivity contribution in [2.24, 2.45) is 0 Å². The number of rotatable bonds is 8. The van der Waals surface area contributed by atoms with Gasteiger partial charge >= 0.3 is 0 Å². The van der Waals surface area contributed by atoms with Crippen LogP contribution in [0.3, 0.4) is 0 Å². The Morgan fingerprint density at radius 1 is 1.11 bits per heavy atom. The average molecular weight is 489 g/mol. The number of amides is 2. The van der Waals surface area contributed by atoms with Gasteiger partial charge in [0.15, 0.2) is 0 Å². The molecule has 0 aliphatic rings. The van der Waals surface area contributed by atoms with Crippen LogP contribution in [0.1, 0.15) is 44.4 Å². The Bertz CT molecular complexity index is 1390. The maximum Gasteiger partial charge on any atom is 0.249 e. The van der Waals surface area contributed by atoms with Crippen molar-refractivity contribution in [3.63, 3.8) is 0 Å². The van der Waals surface area contributed by atoms with Crippen LogP contribution in [-0.2, 0) is 16.1 Å². The summed E-state index contributed by atoms with van der Waals surface area (Å²) in [4.78, 5) is 33.1. The Hall–Kier alpha value is -4.14. The molecule has 0 fully saturated rings. The predicted molar refractivity (Wildman–Crippen MR) is 136 cm³/mol. The maximum atomic E-state index is 14.7. The standard InChI is InChI=1S/C27H29FN6O2/c1-5-27(3,4)30-26(36)25(19-12-14-29-15-13-19)34(20-11-10-18(2)21(28)16-20)24(35)17-33-23-9-7-6-8-22(23)31-32-33/h6-16,25H,5,17H2,1-4H3,(H,30,36). The topological polar surface area (TPSA) is 93.0 Å². The summed E-state index contributed by atoms with van der Waals surface area (Å²) in [7, 11) is 0. The summed E-state index contributed by atoms with van der Waals surface area (Å²) < 4.78 is 16.2. The van der Waals surface area contributed by atoms with Crippen molar-refractivity contribution in [3.05, 3.63) is 83.9 Å². The van der Waals surface area contributed by atoms with Gasteiger partial charge in [-0.05, 0) is 74.7 Å². The highest BCUT2D eigenvalue weighted by Crippen LogP contribution is 2.30. The van der Waals surface area contributed by atoms with E-state index in [0.29, 0.717) is 28.6 Å². The molecular weight excluding hydrogens is 459 g/mol. The Labute approximate surface area is 209 Å². The molecule has 0 saturated heterocycles. The number of carbonyl (C=O) groups is 2. The van der Waals surface area contributed by atoms with Crippen LogP contribution >= 0.6 is 0 Å². The number of hydrogen-bond acceptors (Lipinski definition) is 5. The number of nitrogens with one attached hydrogen (secondary N) is 1. The minimum atomic E-state index is -1.07. The number of fused-ring (bicyclic) bond motifs is 1. The summed E-state index contributed by atoms with van der Waals surface area (Å²) >= 11 is 0. The normalized spacial score (nSPS) is 12.4. The highest BCUT2D eigenvalue weighted by molar-refractivity contribution is 6.01. The molecule has 0 saturated carbocycles. The Morgan fingerprint density at radius 2 is 1.83 bits per heavy atom. The van der Waals surface area contributed by atoms with Gasteiger partial charge in [-0.15, -0.1) is 5.10 Å². The molecule has 1 unspecified atom stereocenters. The van der Waals surface area contributed by atoms with Gasteiger partial charge in [0.05, 0.1) is 5.52 Å². The van der Waals surface area contributed by atoms with Crippen molar-refractivity contribution in [1.82, 2.24) is 25.3 Å². The molecule has 0 spiro atoms. The highest BCUT2D eigenvalue weighted by atomic mass is 19.1. The maximum absolute atomic E-state index is 14.7. The monoisotopic (exact) mass is 488 g/mol. The molecule has 0 bridgehead atoms. The van der Waals surface area contributed by atoms with E-state index in [1.54, 1.807) is 49.6 Å². The summed E-state index contributed by atoms with van der Waals surface area (Å²) in [5.41, 5.74) is 2.05. The molecule has 2 aromatic carbocycles. The zero-order valence-corrected chi connectivity index (χ0v) is 20.8. The second-order valence-electron chi connectivity index (χ2n) is 9.34. The molecular formula is C27H29FN6O2. The molecule has 8 nitrogen and oxygen atoms in total. The highest BCUT2D eigenvalue weighted by Gasteiger charge is 2.35. The van der Waals surface area contributed by atoms with Gasteiger partial charge < -0.3 is 5.32 Å². The van der Waals surface area contributed by atoms with Crippen LogP contribution in [0.2, 0.25) is 0 Å². The molecule has 1 atom stereocenters. The number of nitrogens with zero attached hydrogens (tertiary/aromatic N) is 5. The molecule has 2 amide bonds. The lowest BCUT2D eigenvalue weighted by molar-refractivity contribution is -0.128. The first-order valence-corrected chi connectivity index (χ1v) is 11.8. The van der Waals surface area contributed by atoms with Gasteiger partial charge in [0, 0.05) is 23.6 Å². The summed E-state index contributed by atoms with van der Waals surface area (Å²) in [5.74, 6) is -1.30. The summed E-state index contributed by atoms with van der Waals surface area (Å²) in [6, 6.07) is 14.1. The zero-order chi connectivity index (χ0) is 25.9. The first-order chi connectivity index (χ1) is 17.2. The van der Waals surface area contributed by atoms with Crippen LogP contribution in [0.4, 0.5) is 10.1 Å². The van der Waals surface area contributed by atoms with Gasteiger partial charge in [0.1, 0.15) is 23.9 Å². The fourth-order valence-corrected chi connectivity index (χ4v) is 3.86. The molecule has 0 aliphatic carbocycles. The molecule has 1 N–H and O–H groups in total. The second kappa shape index (κ2) is 10.2. The van der Waals surface area contributed by atoms with Crippen molar-refractivity contribution in [2.45, 2.75) is 52.2 Å². The van der Waals surface area contributed by atoms with Crippen molar-refractivity contribution in [2.75, 3.05) is 4.90 Å². The number of aryl methyl sites for hydroxylation is 1. The molecule has 2 heterocycles. The largest absolute Gasteiger partial charge is 0.349 e. The van der Waals surface area contributed by atoms with E-state index in [1.165, 1.54) is 15.6 Å². The van der Waals surface area contributed by atoms with Gasteiger partial charge in [-0.1, -0.05) is 30.3 Å². The Balaban J connectivity index is 1.82. The lowest BCUT2D eigenvalue weighted by Gasteiger charge is -2.34. The molecule has 9 heteroatoms. The number of aromatic nitrogens is 4. The van der Waals surface area contributed by atoms with Gasteiger partial charge in [-0.2, -0.15) is 0 Å². The van der Waals surface area contributed by atoms with Crippen molar-refractivity contribution in [3.8, 4) is 0 Å². The predicted octanol–water partition coefficient (Wildman–Crippen LogP) is 4.35.